The fourth-order valence-corrected chi connectivity index (χ4v) is 2.75. The molecule has 0 fully saturated rings. The summed E-state index contributed by atoms with van der Waals surface area (Å²) in [6, 6.07) is 12.9. The maximum atomic E-state index is 13.0. The Morgan fingerprint density at radius 2 is 1.86 bits per heavy atom. The Morgan fingerprint density at radius 1 is 1.07 bits per heavy atom. The first-order valence-corrected chi connectivity index (χ1v) is 8.62. The molecule has 2 N–H and O–H groups in total. The van der Waals surface area contributed by atoms with Crippen LogP contribution in [0.15, 0.2) is 48.5 Å². The van der Waals surface area contributed by atoms with Gasteiger partial charge in [0.15, 0.2) is 11.5 Å². The molecule has 1 amide bonds. The van der Waals surface area contributed by atoms with E-state index >= 15 is 0 Å². The molecule has 0 aliphatic carbocycles. The summed E-state index contributed by atoms with van der Waals surface area (Å²) in [6.07, 6.45) is 0. The molecule has 28 heavy (non-hydrogen) atoms. The van der Waals surface area contributed by atoms with Gasteiger partial charge in [-0.3, -0.25) is 4.79 Å². The van der Waals surface area contributed by atoms with Gasteiger partial charge < -0.3 is 20.1 Å². The molecule has 0 atom stereocenters. The monoisotopic (exact) mass is 380 g/mol. The normalized spacial score (nSPS) is 11.9. The summed E-state index contributed by atoms with van der Waals surface area (Å²) in [7, 11) is 0. The minimum Gasteiger partial charge on any atom is -0.454 e. The Balaban J connectivity index is 1.47. The van der Waals surface area contributed by atoms with E-state index in [1.54, 1.807) is 37.3 Å². The summed E-state index contributed by atoms with van der Waals surface area (Å²) in [5, 5.41) is 5.91. The van der Waals surface area contributed by atoms with Gasteiger partial charge in [0.1, 0.15) is 23.2 Å². The number of carbonyl (C=O) groups excluding carboxylic acids is 1. The van der Waals surface area contributed by atoms with Crippen molar-refractivity contribution in [3.8, 4) is 11.5 Å². The van der Waals surface area contributed by atoms with Crippen molar-refractivity contribution in [2.75, 3.05) is 12.1 Å². The van der Waals surface area contributed by atoms with Gasteiger partial charge in [-0.2, -0.15) is 0 Å². The van der Waals surface area contributed by atoms with Gasteiger partial charge in [0.05, 0.1) is 0 Å². The molecule has 0 saturated heterocycles. The second kappa shape index (κ2) is 7.51. The van der Waals surface area contributed by atoms with E-state index in [1.807, 2.05) is 6.07 Å². The number of hydrogen-bond acceptors (Lipinski definition) is 6. The van der Waals surface area contributed by atoms with E-state index in [0.29, 0.717) is 23.1 Å². The highest BCUT2D eigenvalue weighted by atomic mass is 19.1. The summed E-state index contributed by atoms with van der Waals surface area (Å²) >= 11 is 0. The number of fused-ring (bicyclic) bond motifs is 1. The van der Waals surface area contributed by atoms with Crippen molar-refractivity contribution in [2.45, 2.75) is 13.5 Å². The van der Waals surface area contributed by atoms with Gasteiger partial charge >= 0.3 is 0 Å². The molecule has 7 nitrogen and oxygen atoms in total. The number of hydrogen-bond donors (Lipinski definition) is 2. The number of anilines is 2. The third kappa shape index (κ3) is 4.01. The Kier molecular flexibility index (Phi) is 4.76. The van der Waals surface area contributed by atoms with Crippen LogP contribution in [0.5, 0.6) is 11.5 Å². The molecule has 2 aromatic carbocycles. The lowest BCUT2D eigenvalue weighted by Gasteiger charge is -2.10. The van der Waals surface area contributed by atoms with E-state index in [9.17, 15) is 9.18 Å². The molecule has 3 aromatic rings. The molecule has 1 aliphatic heterocycles. The summed E-state index contributed by atoms with van der Waals surface area (Å²) in [6.45, 7) is 2.18. The van der Waals surface area contributed by atoms with Crippen LogP contribution >= 0.6 is 0 Å². The Labute approximate surface area is 160 Å². The first-order chi connectivity index (χ1) is 13.6. The van der Waals surface area contributed by atoms with E-state index < -0.39 is 0 Å². The number of aryl methyl sites for hydroxylation is 1. The molecule has 0 radical (unpaired) electrons. The number of nitrogens with zero attached hydrogens (tertiary/aromatic N) is 2. The van der Waals surface area contributed by atoms with Crippen LogP contribution in [0, 0.1) is 12.7 Å². The predicted molar refractivity (Wildman–Crippen MR) is 100 cm³/mol. The molecule has 0 unspecified atom stereocenters. The smallest absolute Gasteiger partial charge is 0.270 e. The summed E-state index contributed by atoms with van der Waals surface area (Å²) < 4.78 is 23.6. The third-order valence-corrected chi connectivity index (χ3v) is 4.08. The van der Waals surface area contributed by atoms with Crippen LogP contribution in [0.25, 0.3) is 0 Å². The van der Waals surface area contributed by atoms with E-state index in [0.717, 1.165) is 11.3 Å². The lowest BCUT2D eigenvalue weighted by Crippen LogP contribution is -2.24. The molecular weight excluding hydrogens is 363 g/mol. The van der Waals surface area contributed by atoms with Crippen molar-refractivity contribution in [3.63, 3.8) is 0 Å². The number of benzene rings is 2. The zero-order valence-corrected chi connectivity index (χ0v) is 15.0. The average molecular weight is 380 g/mol. The standard InChI is InChI=1S/C20H17FN4O3/c1-12-23-16(20(26)22-10-13-2-4-14(21)5-3-13)9-19(24-12)25-15-6-7-17-18(8-15)28-11-27-17/h2-9H,10-11H2,1H3,(H,22,26)(H,23,24,25). The van der Waals surface area contributed by atoms with Crippen molar-refractivity contribution in [3.05, 3.63) is 71.4 Å². The Hall–Kier alpha value is -3.68. The highest BCUT2D eigenvalue weighted by molar-refractivity contribution is 5.93. The fourth-order valence-electron chi connectivity index (χ4n) is 2.75. The first kappa shape index (κ1) is 17.7. The fraction of sp³-hybridized carbons (Fsp3) is 0.150. The van der Waals surface area contributed by atoms with E-state index in [1.165, 1.54) is 12.1 Å². The third-order valence-electron chi connectivity index (χ3n) is 4.08. The highest BCUT2D eigenvalue weighted by Gasteiger charge is 2.15. The molecule has 1 aliphatic rings. The van der Waals surface area contributed by atoms with Crippen LogP contribution in [-0.4, -0.2) is 22.7 Å². The minimum absolute atomic E-state index is 0.198. The zero-order valence-electron chi connectivity index (χ0n) is 15.0. The van der Waals surface area contributed by atoms with Gasteiger partial charge in [0.2, 0.25) is 6.79 Å². The van der Waals surface area contributed by atoms with Crippen molar-refractivity contribution >= 4 is 17.4 Å². The SMILES string of the molecule is Cc1nc(Nc2ccc3c(c2)OCO3)cc(C(=O)NCc2ccc(F)cc2)n1. The van der Waals surface area contributed by atoms with Crippen molar-refractivity contribution < 1.29 is 18.7 Å². The van der Waals surface area contributed by atoms with E-state index in [2.05, 4.69) is 20.6 Å². The van der Waals surface area contributed by atoms with Crippen LogP contribution in [0.2, 0.25) is 0 Å². The number of aromatic nitrogens is 2. The number of rotatable bonds is 5. The number of carbonyl (C=O) groups is 1. The van der Waals surface area contributed by atoms with E-state index in [-0.39, 0.29) is 30.8 Å². The number of ether oxygens (including phenoxy) is 2. The Bertz CT molecular complexity index is 1020. The molecule has 1 aromatic heterocycles. The molecule has 0 saturated carbocycles. The summed E-state index contributed by atoms with van der Waals surface area (Å²) in [4.78, 5) is 21.0. The molecule has 142 valence electrons. The molecular formula is C20H17FN4O3. The number of amides is 1. The van der Waals surface area contributed by atoms with Gasteiger partial charge in [0, 0.05) is 24.4 Å². The topological polar surface area (TPSA) is 85.4 Å². The van der Waals surface area contributed by atoms with Crippen molar-refractivity contribution in [1.82, 2.24) is 15.3 Å². The maximum Gasteiger partial charge on any atom is 0.270 e. The minimum atomic E-state index is -0.344. The lowest BCUT2D eigenvalue weighted by molar-refractivity contribution is 0.0945. The quantitative estimate of drug-likeness (QED) is 0.706. The van der Waals surface area contributed by atoms with Gasteiger partial charge in [-0.15, -0.1) is 0 Å². The molecule has 4 rings (SSSR count). The summed E-state index contributed by atoms with van der Waals surface area (Å²) in [5.74, 6) is 1.61. The molecule has 2 heterocycles. The van der Waals surface area contributed by atoms with Crippen LogP contribution in [0.1, 0.15) is 21.9 Å². The predicted octanol–water partition coefficient (Wildman–Crippen LogP) is 3.33. The highest BCUT2D eigenvalue weighted by Crippen LogP contribution is 2.34. The van der Waals surface area contributed by atoms with Gasteiger partial charge in [-0.05, 0) is 36.8 Å². The van der Waals surface area contributed by atoms with Gasteiger partial charge in [-0.1, -0.05) is 12.1 Å². The van der Waals surface area contributed by atoms with Crippen LogP contribution in [-0.2, 0) is 6.54 Å². The Morgan fingerprint density at radius 3 is 2.68 bits per heavy atom. The van der Waals surface area contributed by atoms with E-state index in [4.69, 9.17) is 9.47 Å². The molecule has 0 bridgehead atoms. The largest absolute Gasteiger partial charge is 0.454 e. The zero-order chi connectivity index (χ0) is 19.5. The number of nitrogens with one attached hydrogen (secondary N) is 2. The molecule has 0 spiro atoms. The second-order valence-corrected chi connectivity index (χ2v) is 6.19. The number of halogens is 1. The second-order valence-electron chi connectivity index (χ2n) is 6.19. The van der Waals surface area contributed by atoms with Crippen molar-refractivity contribution in [1.29, 1.82) is 0 Å². The van der Waals surface area contributed by atoms with Crippen LogP contribution < -0.4 is 20.1 Å². The van der Waals surface area contributed by atoms with Crippen molar-refractivity contribution in [2.24, 2.45) is 0 Å². The lowest BCUT2D eigenvalue weighted by atomic mass is 10.2. The van der Waals surface area contributed by atoms with Crippen LogP contribution in [0.4, 0.5) is 15.9 Å². The molecule has 8 heteroatoms. The first-order valence-electron chi connectivity index (χ1n) is 8.62. The average Bonchev–Trinajstić information content (AvgIpc) is 3.14. The van der Waals surface area contributed by atoms with Crippen LogP contribution in [0.3, 0.4) is 0 Å². The summed E-state index contributed by atoms with van der Waals surface area (Å²) in [5.41, 5.74) is 1.78. The maximum absolute atomic E-state index is 13.0. The van der Waals surface area contributed by atoms with Gasteiger partial charge in [0.25, 0.3) is 5.91 Å². The van der Waals surface area contributed by atoms with Gasteiger partial charge in [-0.25, -0.2) is 14.4 Å².